The van der Waals surface area contributed by atoms with Crippen molar-refractivity contribution in [3.8, 4) is 23.1 Å². The van der Waals surface area contributed by atoms with E-state index >= 15 is 0 Å². The molecular formula is C24H23N7O. The van der Waals surface area contributed by atoms with E-state index < -0.39 is 0 Å². The van der Waals surface area contributed by atoms with Crippen LogP contribution in [0, 0.1) is 0 Å². The number of anilines is 1. The van der Waals surface area contributed by atoms with Crippen LogP contribution in [0.1, 0.15) is 0 Å². The maximum atomic E-state index is 6.07. The maximum Gasteiger partial charge on any atom is 0.219 e. The average molecular weight is 425 g/mol. The highest BCUT2D eigenvalue weighted by Gasteiger charge is 2.19. The van der Waals surface area contributed by atoms with Crippen LogP contribution in [-0.2, 0) is 0 Å². The van der Waals surface area contributed by atoms with E-state index in [0.717, 1.165) is 53.8 Å². The number of ether oxygens (including phenoxy) is 1. The molecule has 160 valence electrons. The van der Waals surface area contributed by atoms with Crippen LogP contribution < -0.4 is 9.64 Å². The number of aromatic nitrogens is 5. The van der Waals surface area contributed by atoms with E-state index in [1.54, 1.807) is 6.20 Å². The second-order valence-corrected chi connectivity index (χ2v) is 8.10. The molecule has 6 rings (SSSR count). The number of hydrogen-bond donors (Lipinski definition) is 2. The van der Waals surface area contributed by atoms with Crippen LogP contribution in [-0.4, -0.2) is 63.3 Å². The Kier molecular flexibility index (Phi) is 4.50. The maximum absolute atomic E-state index is 6.07. The summed E-state index contributed by atoms with van der Waals surface area (Å²) in [6, 6.07) is 17.8. The van der Waals surface area contributed by atoms with Gasteiger partial charge in [0.2, 0.25) is 5.88 Å². The van der Waals surface area contributed by atoms with Crippen LogP contribution in [0.15, 0.2) is 60.8 Å². The van der Waals surface area contributed by atoms with E-state index in [1.165, 1.54) is 5.69 Å². The number of benzene rings is 2. The number of nitrogens with one attached hydrogen (secondary N) is 2. The van der Waals surface area contributed by atoms with Crippen LogP contribution in [0.25, 0.3) is 33.5 Å². The third-order valence-electron chi connectivity index (χ3n) is 5.96. The fraction of sp³-hybridized carbons (Fsp3) is 0.208. The van der Waals surface area contributed by atoms with Gasteiger partial charge in [-0.1, -0.05) is 12.1 Å². The number of fused-ring (bicyclic) bond motifs is 2. The largest absolute Gasteiger partial charge is 0.438 e. The second-order valence-electron chi connectivity index (χ2n) is 8.10. The number of imidazole rings is 1. The molecule has 4 heterocycles. The van der Waals surface area contributed by atoms with Gasteiger partial charge in [-0.3, -0.25) is 5.10 Å². The number of nitrogens with zero attached hydrogens (tertiary/aromatic N) is 5. The Hall–Kier alpha value is -3.91. The highest BCUT2D eigenvalue weighted by molar-refractivity contribution is 5.97. The summed E-state index contributed by atoms with van der Waals surface area (Å²) in [5.41, 5.74) is 4.73. The molecule has 0 atom stereocenters. The summed E-state index contributed by atoms with van der Waals surface area (Å²) in [5.74, 6) is 1.93. The number of H-pyrrole nitrogens is 2. The molecule has 1 saturated heterocycles. The second kappa shape index (κ2) is 7.65. The van der Waals surface area contributed by atoms with Crippen molar-refractivity contribution in [2.24, 2.45) is 0 Å². The number of likely N-dealkylation sites (N-methyl/N-ethyl adjacent to an activating group) is 1. The molecule has 0 radical (unpaired) electrons. The van der Waals surface area contributed by atoms with E-state index in [0.29, 0.717) is 17.5 Å². The van der Waals surface area contributed by atoms with Crippen LogP contribution in [0.5, 0.6) is 11.6 Å². The van der Waals surface area contributed by atoms with Gasteiger partial charge in [0.05, 0.1) is 21.9 Å². The lowest BCUT2D eigenvalue weighted by molar-refractivity contribution is 0.313. The summed E-state index contributed by atoms with van der Waals surface area (Å²) in [7, 11) is 2.17. The van der Waals surface area contributed by atoms with Gasteiger partial charge in [-0.15, -0.1) is 0 Å². The van der Waals surface area contributed by atoms with Gasteiger partial charge in [0.25, 0.3) is 0 Å². The number of pyridine rings is 1. The topological polar surface area (TPSA) is 86.0 Å². The molecule has 8 nitrogen and oxygen atoms in total. The van der Waals surface area contributed by atoms with Crippen LogP contribution in [0.3, 0.4) is 0 Å². The Labute approximate surface area is 184 Å². The molecule has 0 aliphatic carbocycles. The molecule has 2 N–H and O–H groups in total. The Balaban J connectivity index is 1.39. The lowest BCUT2D eigenvalue weighted by Crippen LogP contribution is -2.44. The fourth-order valence-corrected chi connectivity index (χ4v) is 4.19. The minimum Gasteiger partial charge on any atom is -0.438 e. The molecule has 1 aliphatic heterocycles. The zero-order chi connectivity index (χ0) is 21.5. The molecule has 2 aromatic carbocycles. The summed E-state index contributed by atoms with van der Waals surface area (Å²) in [5, 5.41) is 8.52. The van der Waals surface area contributed by atoms with Crippen molar-refractivity contribution in [1.82, 2.24) is 30.0 Å². The van der Waals surface area contributed by atoms with Crippen molar-refractivity contribution < 1.29 is 4.74 Å². The van der Waals surface area contributed by atoms with E-state index in [2.05, 4.69) is 55.2 Å². The molecule has 8 heteroatoms. The molecule has 0 amide bonds. The van der Waals surface area contributed by atoms with Gasteiger partial charge in [0.15, 0.2) is 5.82 Å². The predicted molar refractivity (Wildman–Crippen MR) is 125 cm³/mol. The Morgan fingerprint density at radius 2 is 1.84 bits per heavy atom. The molecule has 0 spiro atoms. The first-order valence-electron chi connectivity index (χ1n) is 10.7. The SMILES string of the molecule is CN1CCN(c2ccc3nc(-c4n[nH]c5cccc(Oc6ccccn6)c45)[nH]c3c2)CC1. The van der Waals surface area contributed by atoms with Crippen LogP contribution >= 0.6 is 0 Å². The molecule has 0 unspecified atom stereocenters. The fourth-order valence-electron chi connectivity index (χ4n) is 4.19. The zero-order valence-corrected chi connectivity index (χ0v) is 17.7. The van der Waals surface area contributed by atoms with E-state index in [4.69, 9.17) is 9.72 Å². The van der Waals surface area contributed by atoms with Gasteiger partial charge in [0, 0.05) is 44.1 Å². The third-order valence-corrected chi connectivity index (χ3v) is 5.96. The number of rotatable bonds is 4. The number of hydrogen-bond acceptors (Lipinski definition) is 6. The molecule has 1 fully saturated rings. The number of aromatic amines is 2. The summed E-state index contributed by atoms with van der Waals surface area (Å²) in [6.07, 6.45) is 1.71. The van der Waals surface area contributed by atoms with E-state index in [1.807, 2.05) is 36.4 Å². The molecule has 0 bridgehead atoms. The molecule has 32 heavy (non-hydrogen) atoms. The summed E-state index contributed by atoms with van der Waals surface area (Å²) >= 11 is 0. The van der Waals surface area contributed by atoms with Crippen LogP contribution in [0.4, 0.5) is 5.69 Å². The standard InChI is InChI=1S/C24H23N7O/c1-30-11-13-31(14-12-30)16-8-9-17-19(15-16)27-24(26-17)23-22-18(28-29-23)5-4-6-20(22)32-21-7-2-3-10-25-21/h2-10,15H,11-14H2,1H3,(H,26,27)(H,28,29). The van der Waals surface area contributed by atoms with Crippen molar-refractivity contribution in [3.05, 3.63) is 60.8 Å². The lowest BCUT2D eigenvalue weighted by Gasteiger charge is -2.34. The van der Waals surface area contributed by atoms with Crippen molar-refractivity contribution >= 4 is 27.6 Å². The molecule has 0 saturated carbocycles. The zero-order valence-electron chi connectivity index (χ0n) is 17.7. The number of piperazine rings is 1. The summed E-state index contributed by atoms with van der Waals surface area (Å²) in [4.78, 5) is 17.3. The predicted octanol–water partition coefficient (Wildman–Crippen LogP) is 4.05. The Bertz CT molecular complexity index is 1380. The van der Waals surface area contributed by atoms with Crippen molar-refractivity contribution in [1.29, 1.82) is 0 Å². The first-order valence-corrected chi connectivity index (χ1v) is 10.7. The van der Waals surface area contributed by atoms with E-state index in [-0.39, 0.29) is 0 Å². The average Bonchev–Trinajstić information content (AvgIpc) is 3.44. The minimum absolute atomic E-state index is 0.536. The van der Waals surface area contributed by atoms with Crippen molar-refractivity contribution in [2.45, 2.75) is 0 Å². The Morgan fingerprint density at radius 3 is 2.69 bits per heavy atom. The summed E-state index contributed by atoms with van der Waals surface area (Å²) in [6.45, 7) is 4.21. The highest BCUT2D eigenvalue weighted by Crippen LogP contribution is 2.35. The molecule has 1 aliphatic rings. The third kappa shape index (κ3) is 3.34. The van der Waals surface area contributed by atoms with Gasteiger partial charge in [0.1, 0.15) is 11.4 Å². The lowest BCUT2D eigenvalue weighted by atomic mass is 10.2. The molecular weight excluding hydrogens is 402 g/mol. The minimum atomic E-state index is 0.536. The van der Waals surface area contributed by atoms with Crippen LogP contribution in [0.2, 0.25) is 0 Å². The smallest absolute Gasteiger partial charge is 0.219 e. The normalized spacial score (nSPS) is 15.0. The van der Waals surface area contributed by atoms with Crippen molar-refractivity contribution in [3.63, 3.8) is 0 Å². The van der Waals surface area contributed by atoms with Gasteiger partial charge >= 0.3 is 0 Å². The van der Waals surface area contributed by atoms with Gasteiger partial charge in [-0.05, 0) is 43.4 Å². The van der Waals surface area contributed by atoms with Gasteiger partial charge in [-0.25, -0.2) is 9.97 Å². The first-order chi connectivity index (χ1) is 15.7. The quantitative estimate of drug-likeness (QED) is 0.452. The van der Waals surface area contributed by atoms with E-state index in [9.17, 15) is 0 Å². The summed E-state index contributed by atoms with van der Waals surface area (Å²) < 4.78 is 6.07. The molecule has 3 aromatic heterocycles. The van der Waals surface area contributed by atoms with Gasteiger partial charge < -0.3 is 19.5 Å². The Morgan fingerprint density at radius 1 is 0.938 bits per heavy atom. The first kappa shape index (κ1) is 18.8. The van der Waals surface area contributed by atoms with Crippen molar-refractivity contribution in [2.75, 3.05) is 38.1 Å². The monoisotopic (exact) mass is 425 g/mol. The molecule has 5 aromatic rings. The highest BCUT2D eigenvalue weighted by atomic mass is 16.5. The van der Waals surface area contributed by atoms with Gasteiger partial charge in [-0.2, -0.15) is 5.10 Å².